The fourth-order valence-electron chi connectivity index (χ4n) is 3.46. The van der Waals surface area contributed by atoms with Gasteiger partial charge in [-0.3, -0.25) is 9.59 Å². The summed E-state index contributed by atoms with van der Waals surface area (Å²) in [5.41, 5.74) is 1.66. The van der Waals surface area contributed by atoms with Crippen LogP contribution in [0.2, 0.25) is 0 Å². The maximum atomic E-state index is 12.6. The highest BCUT2D eigenvalue weighted by Crippen LogP contribution is 2.31. The maximum Gasteiger partial charge on any atom is 0.247 e. The van der Waals surface area contributed by atoms with E-state index >= 15 is 0 Å². The van der Waals surface area contributed by atoms with Crippen molar-refractivity contribution < 1.29 is 18.0 Å². The Morgan fingerprint density at radius 2 is 1.85 bits per heavy atom. The Labute approximate surface area is 161 Å². The Morgan fingerprint density at radius 1 is 1.22 bits per heavy atom. The minimum atomic E-state index is -3.17. The number of hydrogen-bond acceptors (Lipinski definition) is 4. The van der Waals surface area contributed by atoms with Crippen LogP contribution in [0.4, 0.5) is 5.69 Å². The van der Waals surface area contributed by atoms with Crippen LogP contribution in [0.15, 0.2) is 36.9 Å². The number of carbonyl (C=O) groups excluding carboxylic acids is 2. The maximum absolute atomic E-state index is 12.6. The fraction of sp³-hybridized carbons (Fsp3) is 0.500. The average Bonchev–Trinajstić information content (AvgIpc) is 2.67. The molecule has 1 fully saturated rings. The largest absolute Gasteiger partial charge is 0.340 e. The lowest BCUT2D eigenvalue weighted by atomic mass is 10.0. The van der Waals surface area contributed by atoms with Crippen molar-refractivity contribution in [2.75, 3.05) is 24.2 Å². The van der Waals surface area contributed by atoms with Crippen LogP contribution in [-0.2, 0) is 25.8 Å². The third-order valence-electron chi connectivity index (χ3n) is 5.44. The molecule has 0 atom stereocenters. The first-order chi connectivity index (χ1) is 12.8. The summed E-state index contributed by atoms with van der Waals surface area (Å²) >= 11 is 0. The van der Waals surface area contributed by atoms with Crippen LogP contribution in [0.1, 0.15) is 38.7 Å². The van der Waals surface area contributed by atoms with E-state index in [4.69, 9.17) is 0 Å². The summed E-state index contributed by atoms with van der Waals surface area (Å²) in [6.45, 7) is 7.72. The van der Waals surface area contributed by atoms with Gasteiger partial charge in [-0.2, -0.15) is 0 Å². The van der Waals surface area contributed by atoms with Gasteiger partial charge < -0.3 is 10.2 Å². The van der Waals surface area contributed by atoms with Gasteiger partial charge in [-0.15, -0.1) is 0 Å². The van der Waals surface area contributed by atoms with Crippen molar-refractivity contribution in [1.82, 2.24) is 4.90 Å². The Morgan fingerprint density at radius 3 is 2.41 bits per heavy atom. The number of nitrogens with zero attached hydrogens (tertiary/aromatic N) is 1. The Hall–Kier alpha value is -2.15. The van der Waals surface area contributed by atoms with E-state index in [1.165, 1.54) is 6.08 Å². The molecule has 0 aliphatic carbocycles. The van der Waals surface area contributed by atoms with Crippen molar-refractivity contribution >= 4 is 27.3 Å². The molecule has 0 aromatic heterocycles. The average molecular weight is 393 g/mol. The summed E-state index contributed by atoms with van der Waals surface area (Å²) in [6, 6.07) is 7.31. The number of benzene rings is 1. The SMILES string of the molecule is C=CC(=O)Nc1ccc(CCC(=O)N2CCS(=O)(=O)C(CC)(CC)C2)cc1. The van der Waals surface area contributed by atoms with Gasteiger partial charge in [0.1, 0.15) is 0 Å². The second-order valence-electron chi connectivity index (χ2n) is 6.91. The summed E-state index contributed by atoms with van der Waals surface area (Å²) in [6.07, 6.45) is 3.16. The first-order valence-electron chi connectivity index (χ1n) is 9.29. The smallest absolute Gasteiger partial charge is 0.247 e. The third kappa shape index (κ3) is 4.77. The van der Waals surface area contributed by atoms with E-state index in [0.29, 0.717) is 31.4 Å². The van der Waals surface area contributed by atoms with Gasteiger partial charge in [0, 0.05) is 25.2 Å². The van der Waals surface area contributed by atoms with Crippen molar-refractivity contribution in [2.24, 2.45) is 0 Å². The predicted octanol–water partition coefficient (Wildman–Crippen LogP) is 2.56. The van der Waals surface area contributed by atoms with Crippen LogP contribution in [0, 0.1) is 0 Å². The first-order valence-corrected chi connectivity index (χ1v) is 10.9. The van der Waals surface area contributed by atoms with Gasteiger partial charge in [-0.05, 0) is 43.0 Å². The molecule has 1 aliphatic rings. The molecule has 0 bridgehead atoms. The first kappa shape index (κ1) is 21.2. The number of amides is 2. The second-order valence-corrected chi connectivity index (χ2v) is 9.42. The summed E-state index contributed by atoms with van der Waals surface area (Å²) in [4.78, 5) is 25.6. The number of nitrogens with one attached hydrogen (secondary N) is 1. The third-order valence-corrected chi connectivity index (χ3v) is 8.19. The van der Waals surface area contributed by atoms with Crippen LogP contribution in [0.3, 0.4) is 0 Å². The quantitative estimate of drug-likeness (QED) is 0.723. The van der Waals surface area contributed by atoms with Crippen molar-refractivity contribution in [1.29, 1.82) is 0 Å². The number of carbonyl (C=O) groups is 2. The van der Waals surface area contributed by atoms with Gasteiger partial charge >= 0.3 is 0 Å². The Kier molecular flexibility index (Phi) is 6.81. The lowest BCUT2D eigenvalue weighted by Gasteiger charge is -2.41. The van der Waals surface area contributed by atoms with E-state index in [2.05, 4.69) is 11.9 Å². The number of anilines is 1. The van der Waals surface area contributed by atoms with Gasteiger partial charge in [-0.1, -0.05) is 32.6 Å². The fourth-order valence-corrected chi connectivity index (χ4v) is 5.58. The molecule has 1 aliphatic heterocycles. The number of sulfone groups is 1. The van der Waals surface area contributed by atoms with Gasteiger partial charge in [0.2, 0.25) is 11.8 Å². The zero-order valence-corrected chi connectivity index (χ0v) is 16.8. The van der Waals surface area contributed by atoms with E-state index in [9.17, 15) is 18.0 Å². The number of aryl methyl sites for hydroxylation is 1. The van der Waals surface area contributed by atoms with Crippen molar-refractivity contribution in [2.45, 2.75) is 44.3 Å². The standard InChI is InChI=1S/C20H28N2O4S/c1-4-18(23)21-17-10-7-16(8-11-17)9-12-19(24)22-13-14-27(25,26)20(5-2,6-3)15-22/h4,7-8,10-11H,1,5-6,9,12-15H2,2-3H3,(H,21,23). The van der Waals surface area contributed by atoms with Crippen molar-refractivity contribution in [3.05, 3.63) is 42.5 Å². The van der Waals surface area contributed by atoms with Crippen LogP contribution < -0.4 is 5.32 Å². The highest BCUT2D eigenvalue weighted by Gasteiger charge is 2.46. The van der Waals surface area contributed by atoms with Crippen LogP contribution in [0.5, 0.6) is 0 Å². The lowest BCUT2D eigenvalue weighted by molar-refractivity contribution is -0.131. The van der Waals surface area contributed by atoms with Gasteiger partial charge in [0.15, 0.2) is 9.84 Å². The molecule has 2 amide bonds. The molecule has 1 heterocycles. The minimum Gasteiger partial charge on any atom is -0.340 e. The molecule has 1 aromatic rings. The molecule has 1 N–H and O–H groups in total. The molecule has 6 nitrogen and oxygen atoms in total. The Balaban J connectivity index is 1.96. The van der Waals surface area contributed by atoms with Gasteiger partial charge in [-0.25, -0.2) is 8.42 Å². The molecule has 148 valence electrons. The van der Waals surface area contributed by atoms with Gasteiger partial charge in [0.25, 0.3) is 0 Å². The summed E-state index contributed by atoms with van der Waals surface area (Å²) in [5.74, 6) is -0.244. The van der Waals surface area contributed by atoms with Crippen LogP contribution >= 0.6 is 0 Å². The van der Waals surface area contributed by atoms with Crippen LogP contribution in [-0.4, -0.2) is 48.7 Å². The van der Waals surface area contributed by atoms with E-state index < -0.39 is 14.6 Å². The van der Waals surface area contributed by atoms with Gasteiger partial charge in [0.05, 0.1) is 10.5 Å². The van der Waals surface area contributed by atoms with E-state index in [1.54, 1.807) is 17.0 Å². The van der Waals surface area contributed by atoms with Crippen molar-refractivity contribution in [3.8, 4) is 0 Å². The topological polar surface area (TPSA) is 83.6 Å². The highest BCUT2D eigenvalue weighted by molar-refractivity contribution is 7.92. The molecular formula is C20H28N2O4S. The molecule has 7 heteroatoms. The predicted molar refractivity (Wildman–Crippen MR) is 107 cm³/mol. The summed E-state index contributed by atoms with van der Waals surface area (Å²) in [5, 5.41) is 2.68. The van der Waals surface area contributed by atoms with E-state index in [1.807, 2.05) is 26.0 Å². The minimum absolute atomic E-state index is 0.0137. The number of rotatable bonds is 7. The molecule has 27 heavy (non-hydrogen) atoms. The lowest BCUT2D eigenvalue weighted by Crippen LogP contribution is -2.57. The molecule has 0 spiro atoms. The monoisotopic (exact) mass is 392 g/mol. The molecule has 0 unspecified atom stereocenters. The second kappa shape index (κ2) is 8.69. The zero-order valence-electron chi connectivity index (χ0n) is 16.0. The molecular weight excluding hydrogens is 364 g/mol. The highest BCUT2D eigenvalue weighted by atomic mass is 32.2. The zero-order chi connectivity index (χ0) is 20.1. The number of hydrogen-bond donors (Lipinski definition) is 1. The molecule has 1 aromatic carbocycles. The van der Waals surface area contributed by atoms with Crippen molar-refractivity contribution in [3.63, 3.8) is 0 Å². The summed E-state index contributed by atoms with van der Waals surface area (Å²) in [7, 11) is -3.17. The molecule has 0 radical (unpaired) electrons. The van der Waals surface area contributed by atoms with Crippen LogP contribution in [0.25, 0.3) is 0 Å². The molecule has 0 saturated carbocycles. The summed E-state index contributed by atoms with van der Waals surface area (Å²) < 4.78 is 24.1. The van der Waals surface area contributed by atoms with E-state index in [0.717, 1.165) is 5.56 Å². The Bertz CT molecular complexity index is 796. The normalized spacial score (nSPS) is 17.9. The molecule has 1 saturated heterocycles. The van der Waals surface area contributed by atoms with E-state index in [-0.39, 0.29) is 30.7 Å². The molecule has 2 rings (SSSR count).